The van der Waals surface area contributed by atoms with Gasteiger partial charge in [0, 0.05) is 36.5 Å². The van der Waals surface area contributed by atoms with Crippen LogP contribution in [0.25, 0.3) is 0 Å². The predicted octanol–water partition coefficient (Wildman–Crippen LogP) is 1.85. The maximum absolute atomic E-state index is 4.51. The van der Waals surface area contributed by atoms with Crippen LogP contribution in [-0.4, -0.2) is 36.1 Å². The highest BCUT2D eigenvalue weighted by atomic mass is 35.5. The first-order valence-corrected chi connectivity index (χ1v) is 6.56. The Balaban J connectivity index is 0.000000963. The normalized spacial score (nSPS) is 20.6. The van der Waals surface area contributed by atoms with Crippen LogP contribution in [0.2, 0.25) is 0 Å². The molecule has 1 aliphatic heterocycles. The second kappa shape index (κ2) is 5.00. The smallest absolute Gasteiger partial charge is 0.0798 e. The van der Waals surface area contributed by atoms with E-state index in [4.69, 9.17) is 0 Å². The van der Waals surface area contributed by atoms with Gasteiger partial charge in [-0.05, 0) is 19.9 Å². The molecular weight excluding hydrogens is 242 g/mol. The minimum absolute atomic E-state index is 0. The molecule has 1 saturated heterocycles. The zero-order valence-corrected chi connectivity index (χ0v) is 11.1. The fraction of sp³-hybridized carbons (Fsp3) is 0.727. The molecule has 3 nitrogen and oxygen atoms in total. The molecule has 16 heavy (non-hydrogen) atoms. The standard InChI is InChI=1S/C11H17N3S.ClH/c1-14(9-4-12-5-9)6-10-11(8-2-3-8)13-7-15-10;/h7-9,12H,2-6H2,1H3;1H. The summed E-state index contributed by atoms with van der Waals surface area (Å²) in [6, 6.07) is 0.735. The lowest BCUT2D eigenvalue weighted by Gasteiger charge is -2.35. The highest BCUT2D eigenvalue weighted by Gasteiger charge is 2.29. The number of nitrogens with one attached hydrogen (secondary N) is 1. The summed E-state index contributed by atoms with van der Waals surface area (Å²) in [5.74, 6) is 0.791. The van der Waals surface area contributed by atoms with E-state index in [1.54, 1.807) is 0 Å². The van der Waals surface area contributed by atoms with Crippen molar-refractivity contribution in [3.8, 4) is 0 Å². The molecule has 1 aromatic heterocycles. The molecule has 1 N–H and O–H groups in total. The van der Waals surface area contributed by atoms with Crippen LogP contribution in [0, 0.1) is 0 Å². The van der Waals surface area contributed by atoms with E-state index in [1.165, 1.54) is 23.4 Å². The predicted molar refractivity (Wildman–Crippen MR) is 69.5 cm³/mol. The van der Waals surface area contributed by atoms with Crippen LogP contribution in [0.3, 0.4) is 0 Å². The van der Waals surface area contributed by atoms with Crippen LogP contribution < -0.4 is 5.32 Å². The van der Waals surface area contributed by atoms with Gasteiger partial charge < -0.3 is 5.32 Å². The van der Waals surface area contributed by atoms with Crippen molar-refractivity contribution in [2.45, 2.75) is 31.3 Å². The van der Waals surface area contributed by atoms with Gasteiger partial charge in [-0.25, -0.2) is 4.98 Å². The van der Waals surface area contributed by atoms with Crippen LogP contribution in [-0.2, 0) is 6.54 Å². The van der Waals surface area contributed by atoms with E-state index in [9.17, 15) is 0 Å². The van der Waals surface area contributed by atoms with E-state index < -0.39 is 0 Å². The first kappa shape index (κ1) is 12.3. The maximum atomic E-state index is 4.51. The Morgan fingerprint density at radius 3 is 2.81 bits per heavy atom. The van der Waals surface area contributed by atoms with E-state index in [2.05, 4.69) is 22.2 Å². The first-order chi connectivity index (χ1) is 7.34. The molecule has 5 heteroatoms. The average molecular weight is 260 g/mol. The van der Waals surface area contributed by atoms with Crippen molar-refractivity contribution in [3.63, 3.8) is 0 Å². The molecule has 0 amide bonds. The lowest BCUT2D eigenvalue weighted by molar-refractivity contribution is 0.174. The second-order valence-corrected chi connectivity index (χ2v) is 5.60. The van der Waals surface area contributed by atoms with Crippen molar-refractivity contribution in [2.24, 2.45) is 0 Å². The highest BCUT2D eigenvalue weighted by Crippen LogP contribution is 2.42. The summed E-state index contributed by atoms with van der Waals surface area (Å²) in [6.45, 7) is 3.38. The van der Waals surface area contributed by atoms with E-state index in [1.807, 2.05) is 16.8 Å². The summed E-state index contributed by atoms with van der Waals surface area (Å²) in [5, 5.41) is 3.32. The van der Waals surface area contributed by atoms with Gasteiger partial charge >= 0.3 is 0 Å². The summed E-state index contributed by atoms with van der Waals surface area (Å²) in [5.41, 5.74) is 3.40. The van der Waals surface area contributed by atoms with Crippen LogP contribution in [0.4, 0.5) is 0 Å². The van der Waals surface area contributed by atoms with Crippen molar-refractivity contribution in [2.75, 3.05) is 20.1 Å². The minimum atomic E-state index is 0. The summed E-state index contributed by atoms with van der Waals surface area (Å²) < 4.78 is 0. The number of nitrogens with zero attached hydrogens (tertiary/aromatic N) is 2. The zero-order chi connectivity index (χ0) is 10.3. The summed E-state index contributed by atoms with van der Waals surface area (Å²) in [4.78, 5) is 8.46. The van der Waals surface area contributed by atoms with Crippen molar-refractivity contribution >= 4 is 23.7 Å². The Morgan fingerprint density at radius 2 is 2.25 bits per heavy atom. The Bertz CT molecular complexity index is 347. The van der Waals surface area contributed by atoms with Gasteiger partial charge in [-0.3, -0.25) is 4.90 Å². The van der Waals surface area contributed by atoms with Crippen molar-refractivity contribution in [1.29, 1.82) is 0 Å². The van der Waals surface area contributed by atoms with Gasteiger partial charge in [0.1, 0.15) is 0 Å². The summed E-state index contributed by atoms with van der Waals surface area (Å²) in [6.07, 6.45) is 2.71. The van der Waals surface area contributed by atoms with Crippen LogP contribution in [0.15, 0.2) is 5.51 Å². The van der Waals surface area contributed by atoms with Gasteiger partial charge in [0.25, 0.3) is 0 Å². The highest BCUT2D eigenvalue weighted by molar-refractivity contribution is 7.09. The molecule has 1 aliphatic carbocycles. The Kier molecular flexibility index (Phi) is 3.85. The number of likely N-dealkylation sites (N-methyl/N-ethyl adjacent to an activating group) is 1. The maximum Gasteiger partial charge on any atom is 0.0798 e. The second-order valence-electron chi connectivity index (χ2n) is 4.66. The molecule has 2 aliphatic rings. The molecule has 0 bridgehead atoms. The fourth-order valence-electron chi connectivity index (χ4n) is 2.03. The van der Waals surface area contributed by atoms with Crippen molar-refractivity contribution in [1.82, 2.24) is 15.2 Å². The van der Waals surface area contributed by atoms with E-state index >= 15 is 0 Å². The first-order valence-electron chi connectivity index (χ1n) is 5.68. The van der Waals surface area contributed by atoms with Crippen LogP contribution in [0.5, 0.6) is 0 Å². The number of halogens is 1. The lowest BCUT2D eigenvalue weighted by Crippen LogP contribution is -2.55. The number of thiazole rings is 1. The van der Waals surface area contributed by atoms with E-state index in [0.717, 1.165) is 31.6 Å². The summed E-state index contributed by atoms with van der Waals surface area (Å²) in [7, 11) is 2.22. The van der Waals surface area contributed by atoms with Gasteiger partial charge in [0.2, 0.25) is 0 Å². The fourth-order valence-corrected chi connectivity index (χ4v) is 2.94. The SMILES string of the molecule is CN(Cc1scnc1C1CC1)C1CNC1.Cl. The molecule has 1 saturated carbocycles. The van der Waals surface area contributed by atoms with Crippen molar-refractivity contribution < 1.29 is 0 Å². The van der Waals surface area contributed by atoms with Gasteiger partial charge in [-0.15, -0.1) is 23.7 Å². The van der Waals surface area contributed by atoms with Gasteiger partial charge in [-0.2, -0.15) is 0 Å². The van der Waals surface area contributed by atoms with E-state index in [-0.39, 0.29) is 12.4 Å². The topological polar surface area (TPSA) is 28.2 Å². The molecule has 90 valence electrons. The summed E-state index contributed by atoms with van der Waals surface area (Å²) >= 11 is 1.83. The Hall–Kier alpha value is -0.160. The molecule has 2 heterocycles. The third-order valence-corrected chi connectivity index (χ3v) is 4.25. The Labute approximate surface area is 107 Å². The Morgan fingerprint density at radius 1 is 1.50 bits per heavy atom. The van der Waals surface area contributed by atoms with Gasteiger partial charge in [0.15, 0.2) is 0 Å². The number of rotatable bonds is 4. The number of aromatic nitrogens is 1. The minimum Gasteiger partial charge on any atom is -0.314 e. The average Bonchev–Trinajstić information content (AvgIpc) is 2.85. The third-order valence-electron chi connectivity index (χ3n) is 3.41. The monoisotopic (exact) mass is 259 g/mol. The van der Waals surface area contributed by atoms with Crippen LogP contribution >= 0.6 is 23.7 Å². The number of hydrogen-bond acceptors (Lipinski definition) is 4. The van der Waals surface area contributed by atoms with Gasteiger partial charge in [0.05, 0.1) is 11.2 Å². The molecule has 0 atom stereocenters. The molecule has 0 aromatic carbocycles. The molecule has 2 fully saturated rings. The lowest BCUT2D eigenvalue weighted by atomic mass is 10.1. The quantitative estimate of drug-likeness (QED) is 0.895. The van der Waals surface area contributed by atoms with Gasteiger partial charge in [-0.1, -0.05) is 0 Å². The molecule has 1 aromatic rings. The molecule has 3 rings (SSSR count). The third kappa shape index (κ3) is 2.40. The molecular formula is C11H18ClN3S. The molecule has 0 unspecified atom stereocenters. The van der Waals surface area contributed by atoms with E-state index in [0.29, 0.717) is 0 Å². The zero-order valence-electron chi connectivity index (χ0n) is 9.48. The largest absolute Gasteiger partial charge is 0.314 e. The molecule has 0 spiro atoms. The van der Waals surface area contributed by atoms with Crippen molar-refractivity contribution in [3.05, 3.63) is 16.1 Å². The van der Waals surface area contributed by atoms with Crippen LogP contribution in [0.1, 0.15) is 29.3 Å². The number of hydrogen-bond donors (Lipinski definition) is 1. The molecule has 0 radical (unpaired) electrons.